The molecule has 9 nitrogen and oxygen atoms in total. The van der Waals surface area contributed by atoms with Crippen LogP contribution in [0.3, 0.4) is 0 Å². The molecule has 0 aliphatic rings. The second-order valence-corrected chi connectivity index (χ2v) is 5.19. The lowest BCUT2D eigenvalue weighted by molar-refractivity contribution is -0.384. The molecule has 0 unspecified atom stereocenters. The minimum Gasteiger partial charge on any atom is -0.497 e. The molecule has 2 rings (SSSR count). The molecular weight excluding hydrogens is 358 g/mol. The van der Waals surface area contributed by atoms with Crippen LogP contribution in [0.5, 0.6) is 17.2 Å². The van der Waals surface area contributed by atoms with E-state index in [1.165, 1.54) is 44.6 Å². The van der Waals surface area contributed by atoms with Crippen molar-refractivity contribution in [1.29, 1.82) is 0 Å². The van der Waals surface area contributed by atoms with E-state index in [1.807, 2.05) is 0 Å². The van der Waals surface area contributed by atoms with Gasteiger partial charge in [-0.1, -0.05) is 0 Å². The predicted octanol–water partition coefficient (Wildman–Crippen LogP) is 2.42. The molecule has 0 N–H and O–H groups in total. The molecule has 142 valence electrons. The first-order valence-electron chi connectivity index (χ1n) is 7.72. The first kappa shape index (κ1) is 19.7. The Hall–Kier alpha value is -3.62. The van der Waals surface area contributed by atoms with Gasteiger partial charge in [-0.05, 0) is 30.3 Å². The van der Waals surface area contributed by atoms with Crippen LogP contribution in [0, 0.1) is 10.1 Å². The summed E-state index contributed by atoms with van der Waals surface area (Å²) in [6.45, 7) is -0.938. The van der Waals surface area contributed by atoms with Crippen LogP contribution >= 0.6 is 0 Å². The van der Waals surface area contributed by atoms with Crippen molar-refractivity contribution in [2.45, 2.75) is 0 Å². The Morgan fingerprint density at radius 1 is 0.963 bits per heavy atom. The number of carbonyl (C=O) groups is 2. The van der Waals surface area contributed by atoms with E-state index in [1.54, 1.807) is 12.1 Å². The molecular formula is C18H17NO8. The number of esters is 1. The van der Waals surface area contributed by atoms with E-state index in [2.05, 4.69) is 0 Å². The van der Waals surface area contributed by atoms with Crippen LogP contribution in [0.1, 0.15) is 10.4 Å². The Morgan fingerprint density at radius 2 is 1.63 bits per heavy atom. The van der Waals surface area contributed by atoms with Crippen molar-refractivity contribution in [3.8, 4) is 17.2 Å². The average molecular weight is 375 g/mol. The number of rotatable bonds is 9. The van der Waals surface area contributed by atoms with Gasteiger partial charge in [-0.2, -0.15) is 0 Å². The molecule has 0 heterocycles. The lowest BCUT2D eigenvalue weighted by Crippen LogP contribution is -2.20. The molecule has 0 aliphatic carbocycles. The number of ketones is 1. The summed E-state index contributed by atoms with van der Waals surface area (Å²) in [7, 11) is 2.88. The smallest absolute Gasteiger partial charge is 0.344 e. The van der Waals surface area contributed by atoms with Gasteiger partial charge in [0.1, 0.15) is 17.2 Å². The van der Waals surface area contributed by atoms with Gasteiger partial charge in [0, 0.05) is 12.1 Å². The summed E-state index contributed by atoms with van der Waals surface area (Å²) in [5.41, 5.74) is 0.128. The lowest BCUT2D eigenvalue weighted by atomic mass is 10.1. The zero-order valence-electron chi connectivity index (χ0n) is 14.7. The fraction of sp³-hybridized carbons (Fsp3) is 0.222. The Morgan fingerprint density at radius 3 is 2.22 bits per heavy atom. The third-order valence-corrected chi connectivity index (χ3v) is 3.48. The minimum atomic E-state index is -0.761. The average Bonchev–Trinajstić information content (AvgIpc) is 2.70. The van der Waals surface area contributed by atoms with Crippen LogP contribution in [-0.2, 0) is 9.53 Å². The number of ether oxygens (including phenoxy) is 4. The molecule has 0 saturated heterocycles. The zero-order chi connectivity index (χ0) is 19.8. The molecule has 27 heavy (non-hydrogen) atoms. The zero-order valence-corrected chi connectivity index (χ0v) is 14.7. The monoisotopic (exact) mass is 375 g/mol. The van der Waals surface area contributed by atoms with Crippen molar-refractivity contribution in [1.82, 2.24) is 0 Å². The third kappa shape index (κ3) is 5.43. The van der Waals surface area contributed by atoms with E-state index in [0.717, 1.165) is 0 Å². The van der Waals surface area contributed by atoms with E-state index in [4.69, 9.17) is 18.9 Å². The maximum Gasteiger partial charge on any atom is 0.344 e. The molecule has 0 atom stereocenters. The molecule has 0 aliphatic heterocycles. The summed E-state index contributed by atoms with van der Waals surface area (Å²) in [5.74, 6) is -0.165. The van der Waals surface area contributed by atoms with Crippen molar-refractivity contribution in [3.05, 3.63) is 58.1 Å². The highest BCUT2D eigenvalue weighted by Gasteiger charge is 2.16. The van der Waals surface area contributed by atoms with Crippen molar-refractivity contribution in [3.63, 3.8) is 0 Å². The van der Waals surface area contributed by atoms with E-state index < -0.39 is 29.9 Å². The van der Waals surface area contributed by atoms with Gasteiger partial charge in [0.15, 0.2) is 13.2 Å². The molecule has 2 aromatic carbocycles. The van der Waals surface area contributed by atoms with Gasteiger partial charge in [0.2, 0.25) is 5.78 Å². The number of nitro groups is 1. The van der Waals surface area contributed by atoms with Crippen LogP contribution in [0.25, 0.3) is 0 Å². The van der Waals surface area contributed by atoms with Crippen molar-refractivity contribution in [2.24, 2.45) is 0 Å². The fourth-order valence-electron chi connectivity index (χ4n) is 2.10. The van der Waals surface area contributed by atoms with Crippen LogP contribution in [0.4, 0.5) is 5.69 Å². The molecule has 0 spiro atoms. The second-order valence-electron chi connectivity index (χ2n) is 5.19. The fourth-order valence-corrected chi connectivity index (χ4v) is 2.10. The number of methoxy groups -OCH3 is 2. The van der Waals surface area contributed by atoms with Crippen molar-refractivity contribution >= 4 is 17.4 Å². The maximum atomic E-state index is 12.3. The van der Waals surface area contributed by atoms with Gasteiger partial charge in [0.25, 0.3) is 5.69 Å². The molecule has 0 saturated carbocycles. The predicted molar refractivity (Wildman–Crippen MR) is 93.4 cm³/mol. The van der Waals surface area contributed by atoms with Gasteiger partial charge < -0.3 is 18.9 Å². The molecule has 9 heteroatoms. The third-order valence-electron chi connectivity index (χ3n) is 3.48. The highest BCUT2D eigenvalue weighted by molar-refractivity contribution is 6.00. The van der Waals surface area contributed by atoms with Gasteiger partial charge in [-0.3, -0.25) is 14.9 Å². The summed E-state index contributed by atoms with van der Waals surface area (Å²) in [6, 6.07) is 9.92. The lowest BCUT2D eigenvalue weighted by Gasteiger charge is -2.10. The first-order chi connectivity index (χ1) is 12.9. The normalized spacial score (nSPS) is 10.0. The van der Waals surface area contributed by atoms with Crippen molar-refractivity contribution in [2.75, 3.05) is 27.4 Å². The minimum absolute atomic E-state index is 0.0947. The van der Waals surface area contributed by atoms with E-state index in [0.29, 0.717) is 11.5 Å². The largest absolute Gasteiger partial charge is 0.497 e. The Balaban J connectivity index is 1.88. The Labute approximate surface area is 154 Å². The number of nitrogens with zero attached hydrogens (tertiary/aromatic N) is 1. The summed E-state index contributed by atoms with van der Waals surface area (Å²) < 4.78 is 20.2. The summed E-state index contributed by atoms with van der Waals surface area (Å²) in [5, 5.41) is 10.6. The number of Topliss-reactive ketones (excluding diaryl/α,β-unsaturated/α-hetero) is 1. The summed E-state index contributed by atoms with van der Waals surface area (Å²) >= 11 is 0. The van der Waals surface area contributed by atoms with Crippen molar-refractivity contribution < 1.29 is 33.5 Å². The van der Waals surface area contributed by atoms with Gasteiger partial charge in [0.05, 0.1) is 24.7 Å². The molecule has 0 bridgehead atoms. The molecule has 0 radical (unpaired) electrons. The molecule has 0 amide bonds. The van der Waals surface area contributed by atoms with Gasteiger partial charge in [-0.25, -0.2) is 4.79 Å². The molecule has 2 aromatic rings. The number of hydrogen-bond donors (Lipinski definition) is 0. The Bertz CT molecular complexity index is 832. The topological polar surface area (TPSA) is 114 Å². The van der Waals surface area contributed by atoms with Crippen LogP contribution in [0.2, 0.25) is 0 Å². The summed E-state index contributed by atoms with van der Waals surface area (Å²) in [4.78, 5) is 34.0. The van der Waals surface area contributed by atoms with Crippen LogP contribution < -0.4 is 14.2 Å². The highest BCUT2D eigenvalue weighted by Crippen LogP contribution is 2.24. The van der Waals surface area contributed by atoms with Crippen LogP contribution in [0.15, 0.2) is 42.5 Å². The Kier molecular flexibility index (Phi) is 6.70. The number of nitro benzene ring substituents is 1. The maximum absolute atomic E-state index is 12.3. The summed E-state index contributed by atoms with van der Waals surface area (Å²) in [6.07, 6.45) is 0. The number of benzene rings is 2. The van der Waals surface area contributed by atoms with Gasteiger partial charge in [-0.15, -0.1) is 0 Å². The van der Waals surface area contributed by atoms with Gasteiger partial charge >= 0.3 is 5.97 Å². The van der Waals surface area contributed by atoms with E-state index >= 15 is 0 Å². The number of hydrogen-bond acceptors (Lipinski definition) is 8. The molecule has 0 aromatic heterocycles. The number of carbonyl (C=O) groups excluding carboxylic acids is 2. The molecule has 0 fully saturated rings. The van der Waals surface area contributed by atoms with Crippen LogP contribution in [-0.4, -0.2) is 44.1 Å². The second kappa shape index (κ2) is 9.18. The number of non-ortho nitro benzene ring substituents is 1. The van der Waals surface area contributed by atoms with E-state index in [-0.39, 0.29) is 17.0 Å². The standard InChI is InChI=1S/C18H17NO8/c1-24-14-7-8-17(25-2)15(9-14)16(20)10-27-18(21)11-26-13-5-3-12(4-6-13)19(22)23/h3-9H,10-11H2,1-2H3. The SMILES string of the molecule is COc1ccc(OC)c(C(=O)COC(=O)COc2ccc([N+](=O)[O-])cc2)c1. The first-order valence-corrected chi connectivity index (χ1v) is 7.72. The highest BCUT2D eigenvalue weighted by atomic mass is 16.6. The quantitative estimate of drug-likeness (QED) is 0.284. The van der Waals surface area contributed by atoms with E-state index in [9.17, 15) is 19.7 Å².